The van der Waals surface area contributed by atoms with Gasteiger partial charge in [0.2, 0.25) is 0 Å². The molecule has 36 heavy (non-hydrogen) atoms. The van der Waals surface area contributed by atoms with Crippen molar-refractivity contribution in [3.05, 3.63) is 107 Å². The van der Waals surface area contributed by atoms with E-state index in [1.54, 1.807) is 59.5 Å². The first-order valence-electron chi connectivity index (χ1n) is 11.6. The first-order chi connectivity index (χ1) is 17.3. The second-order valence-corrected chi connectivity index (χ2v) is 11.0. The molecule has 1 aliphatic rings. The molecular formula is C28H25ClN2O4S. The number of anilines is 1. The summed E-state index contributed by atoms with van der Waals surface area (Å²) in [4.78, 5) is 14.9. The number of fused-ring (bicyclic) bond motifs is 1. The van der Waals surface area contributed by atoms with Crippen molar-refractivity contribution < 1.29 is 18.3 Å². The van der Waals surface area contributed by atoms with Crippen LogP contribution < -0.4 is 4.72 Å². The highest BCUT2D eigenvalue weighted by Crippen LogP contribution is 2.37. The number of rotatable bonds is 5. The maximum Gasteiger partial charge on any atom is 0.262 e. The molecule has 1 fully saturated rings. The number of carbonyl (C=O) groups excluding carboxylic acids is 1. The Labute approximate surface area is 215 Å². The van der Waals surface area contributed by atoms with Crippen LogP contribution in [0, 0.1) is 0 Å². The molecule has 0 spiro atoms. The maximum absolute atomic E-state index is 13.1. The molecule has 0 saturated carbocycles. The van der Waals surface area contributed by atoms with E-state index in [1.165, 1.54) is 0 Å². The molecule has 0 aromatic heterocycles. The summed E-state index contributed by atoms with van der Waals surface area (Å²) in [6.45, 7) is 0.770. The van der Waals surface area contributed by atoms with Gasteiger partial charge >= 0.3 is 0 Å². The Balaban J connectivity index is 1.27. The van der Waals surface area contributed by atoms with Gasteiger partial charge in [0.25, 0.3) is 15.9 Å². The third kappa shape index (κ3) is 4.69. The smallest absolute Gasteiger partial charge is 0.262 e. The van der Waals surface area contributed by atoms with Gasteiger partial charge in [0, 0.05) is 40.3 Å². The molecule has 0 aliphatic carbocycles. The van der Waals surface area contributed by atoms with Gasteiger partial charge in [-0.2, -0.15) is 0 Å². The fourth-order valence-electron chi connectivity index (χ4n) is 4.69. The predicted molar refractivity (Wildman–Crippen MR) is 142 cm³/mol. The molecule has 0 radical (unpaired) electrons. The monoisotopic (exact) mass is 520 g/mol. The van der Waals surface area contributed by atoms with Gasteiger partial charge in [-0.1, -0.05) is 66.2 Å². The van der Waals surface area contributed by atoms with Crippen molar-refractivity contribution in [2.24, 2.45) is 0 Å². The summed E-state index contributed by atoms with van der Waals surface area (Å²) >= 11 is 6.28. The molecule has 0 unspecified atom stereocenters. The Kier molecular flexibility index (Phi) is 6.47. The molecule has 8 heteroatoms. The molecule has 1 aliphatic heterocycles. The number of nitrogens with zero attached hydrogens (tertiary/aromatic N) is 1. The Bertz CT molecular complexity index is 1520. The molecule has 4 aromatic carbocycles. The van der Waals surface area contributed by atoms with E-state index in [2.05, 4.69) is 4.72 Å². The summed E-state index contributed by atoms with van der Waals surface area (Å²) in [6.07, 6.45) is 0.761. The van der Waals surface area contributed by atoms with Crippen LogP contribution in [0.2, 0.25) is 5.02 Å². The van der Waals surface area contributed by atoms with E-state index < -0.39 is 15.6 Å². The second-order valence-electron chi connectivity index (χ2n) is 8.96. The number of carbonyl (C=O) groups is 1. The minimum atomic E-state index is -3.82. The topological polar surface area (TPSA) is 86.7 Å². The summed E-state index contributed by atoms with van der Waals surface area (Å²) in [5.74, 6) is -0.167. The number of hydrogen-bond acceptors (Lipinski definition) is 4. The van der Waals surface area contributed by atoms with Crippen LogP contribution in [0.1, 0.15) is 28.8 Å². The van der Waals surface area contributed by atoms with Crippen molar-refractivity contribution in [2.75, 3.05) is 17.8 Å². The number of halogens is 1. The van der Waals surface area contributed by atoms with Crippen molar-refractivity contribution in [1.82, 2.24) is 4.90 Å². The number of likely N-dealkylation sites (tertiary alicyclic amines) is 1. The number of sulfonamides is 1. The number of hydrogen-bond donors (Lipinski definition) is 2. The number of amides is 1. The standard InChI is InChI=1S/C28H25ClN2O4S/c29-25-10-4-3-9-24(25)28(33)16-18-31(19-17-28)27(32)21-12-14-22(15-13-21)30-36(34,35)26-11-5-7-20-6-1-2-8-23(20)26/h1-15,30,33H,16-19H2. The average Bonchev–Trinajstić information content (AvgIpc) is 2.89. The van der Waals surface area contributed by atoms with Crippen LogP contribution in [0.4, 0.5) is 5.69 Å². The fraction of sp³-hybridized carbons (Fsp3) is 0.179. The average molecular weight is 521 g/mol. The lowest BCUT2D eigenvalue weighted by Gasteiger charge is -2.39. The van der Waals surface area contributed by atoms with Crippen molar-refractivity contribution in [3.8, 4) is 0 Å². The van der Waals surface area contributed by atoms with Crippen molar-refractivity contribution in [1.29, 1.82) is 0 Å². The van der Waals surface area contributed by atoms with Gasteiger partial charge < -0.3 is 10.0 Å². The van der Waals surface area contributed by atoms with Gasteiger partial charge in [-0.3, -0.25) is 9.52 Å². The van der Waals surface area contributed by atoms with Crippen LogP contribution in [0.3, 0.4) is 0 Å². The zero-order valence-corrected chi connectivity index (χ0v) is 21.0. The summed E-state index contributed by atoms with van der Waals surface area (Å²) in [6, 6.07) is 26.1. The van der Waals surface area contributed by atoms with Crippen LogP contribution in [0.25, 0.3) is 10.8 Å². The minimum absolute atomic E-state index is 0.167. The van der Waals surface area contributed by atoms with Crippen molar-refractivity contribution in [3.63, 3.8) is 0 Å². The summed E-state index contributed by atoms with van der Waals surface area (Å²) in [5.41, 5.74) is 0.429. The van der Waals surface area contributed by atoms with Crippen LogP contribution in [-0.2, 0) is 15.6 Å². The molecule has 1 amide bonds. The largest absolute Gasteiger partial charge is 0.385 e. The lowest BCUT2D eigenvalue weighted by atomic mass is 9.84. The van der Waals surface area contributed by atoms with Crippen molar-refractivity contribution in [2.45, 2.75) is 23.3 Å². The van der Waals surface area contributed by atoms with Crippen molar-refractivity contribution >= 4 is 44.0 Å². The van der Waals surface area contributed by atoms with E-state index in [-0.39, 0.29) is 10.8 Å². The molecule has 184 valence electrons. The molecule has 1 heterocycles. The molecule has 0 bridgehead atoms. The van der Waals surface area contributed by atoms with E-state index >= 15 is 0 Å². The van der Waals surface area contributed by atoms with Gasteiger partial charge in [-0.05, 0) is 54.6 Å². The number of aliphatic hydroxyl groups is 1. The number of nitrogens with one attached hydrogen (secondary N) is 1. The van der Waals surface area contributed by atoms with Crippen LogP contribution >= 0.6 is 11.6 Å². The Morgan fingerprint density at radius 1 is 0.861 bits per heavy atom. The first kappa shape index (κ1) is 24.3. The highest BCUT2D eigenvalue weighted by atomic mass is 35.5. The third-order valence-electron chi connectivity index (χ3n) is 6.68. The molecule has 1 saturated heterocycles. The Morgan fingerprint density at radius 2 is 1.50 bits per heavy atom. The predicted octanol–water partition coefficient (Wildman–Crippen LogP) is 5.42. The van der Waals surface area contributed by atoms with Crippen LogP contribution in [0.15, 0.2) is 95.9 Å². The summed E-state index contributed by atoms with van der Waals surface area (Å²) in [5, 5.41) is 13.1. The first-order valence-corrected chi connectivity index (χ1v) is 13.5. The third-order valence-corrected chi connectivity index (χ3v) is 8.45. The minimum Gasteiger partial charge on any atom is -0.385 e. The molecule has 5 rings (SSSR count). The van der Waals surface area contributed by atoms with E-state index in [0.717, 1.165) is 5.39 Å². The van der Waals surface area contributed by atoms with Crippen LogP contribution in [-0.4, -0.2) is 37.4 Å². The number of benzene rings is 4. The van der Waals surface area contributed by atoms with Gasteiger partial charge in [0.1, 0.15) is 0 Å². The fourth-order valence-corrected chi connectivity index (χ4v) is 6.29. The van der Waals surface area contributed by atoms with E-state index in [0.29, 0.717) is 53.2 Å². The lowest BCUT2D eigenvalue weighted by Crippen LogP contribution is -2.45. The SMILES string of the molecule is O=C(c1ccc(NS(=O)(=O)c2cccc3ccccc23)cc1)N1CCC(O)(c2ccccc2Cl)CC1. The van der Waals surface area contributed by atoms with Gasteiger partial charge in [-0.25, -0.2) is 8.42 Å². The van der Waals surface area contributed by atoms with Gasteiger partial charge in [0.15, 0.2) is 0 Å². The van der Waals surface area contributed by atoms with E-state index in [9.17, 15) is 18.3 Å². The second kappa shape index (κ2) is 9.58. The molecule has 0 atom stereocenters. The maximum atomic E-state index is 13.1. The highest BCUT2D eigenvalue weighted by Gasteiger charge is 2.36. The van der Waals surface area contributed by atoms with E-state index in [4.69, 9.17) is 11.6 Å². The van der Waals surface area contributed by atoms with Gasteiger partial charge in [0.05, 0.1) is 10.5 Å². The Hall–Kier alpha value is -3.39. The summed E-state index contributed by atoms with van der Waals surface area (Å²) < 4.78 is 28.7. The van der Waals surface area contributed by atoms with Crippen LogP contribution in [0.5, 0.6) is 0 Å². The zero-order chi connectivity index (χ0) is 25.3. The zero-order valence-electron chi connectivity index (χ0n) is 19.4. The van der Waals surface area contributed by atoms with Gasteiger partial charge in [-0.15, -0.1) is 0 Å². The molecule has 2 N–H and O–H groups in total. The normalized spacial score (nSPS) is 15.6. The number of piperidine rings is 1. The quantitative estimate of drug-likeness (QED) is 0.368. The molecule has 4 aromatic rings. The molecular weight excluding hydrogens is 496 g/mol. The highest BCUT2D eigenvalue weighted by molar-refractivity contribution is 7.93. The van der Waals surface area contributed by atoms with E-state index in [1.807, 2.05) is 36.4 Å². The molecule has 6 nitrogen and oxygen atoms in total. The summed E-state index contributed by atoms with van der Waals surface area (Å²) in [7, 11) is -3.82. The lowest BCUT2D eigenvalue weighted by molar-refractivity contribution is -0.0210. The Morgan fingerprint density at radius 3 is 2.22 bits per heavy atom.